The zero-order chi connectivity index (χ0) is 17.4. The van der Waals surface area contributed by atoms with Gasteiger partial charge in [0.1, 0.15) is 0 Å². The van der Waals surface area contributed by atoms with Gasteiger partial charge >= 0.3 is 5.97 Å². The van der Waals surface area contributed by atoms with Gasteiger partial charge in [0, 0.05) is 18.0 Å². The number of hydrogen-bond acceptors (Lipinski definition) is 5. The highest BCUT2D eigenvalue weighted by molar-refractivity contribution is 5.98. The van der Waals surface area contributed by atoms with Crippen molar-refractivity contribution in [3.63, 3.8) is 0 Å². The van der Waals surface area contributed by atoms with Gasteiger partial charge in [-0.1, -0.05) is 0 Å². The lowest BCUT2D eigenvalue weighted by molar-refractivity contribution is -0.154. The van der Waals surface area contributed by atoms with Gasteiger partial charge in [-0.2, -0.15) is 5.10 Å². The Hall–Kier alpha value is -2.48. The Morgan fingerprint density at radius 1 is 1.42 bits per heavy atom. The van der Waals surface area contributed by atoms with Crippen molar-refractivity contribution in [3.05, 3.63) is 23.5 Å². The molecule has 24 heavy (non-hydrogen) atoms. The zero-order valence-corrected chi connectivity index (χ0v) is 13.9. The van der Waals surface area contributed by atoms with Crippen LogP contribution < -0.4 is 0 Å². The number of aryl methyl sites for hydroxylation is 1. The van der Waals surface area contributed by atoms with E-state index in [9.17, 15) is 9.59 Å². The van der Waals surface area contributed by atoms with Crippen molar-refractivity contribution >= 4 is 22.9 Å². The van der Waals surface area contributed by atoms with Gasteiger partial charge in [-0.15, -0.1) is 0 Å². The molecule has 0 saturated carbocycles. The molecule has 1 aliphatic rings. The van der Waals surface area contributed by atoms with Gasteiger partial charge < -0.3 is 14.7 Å². The molecule has 3 rings (SSSR count). The minimum atomic E-state index is -1.06. The van der Waals surface area contributed by atoms with Gasteiger partial charge in [0.05, 0.1) is 30.6 Å². The number of fused-ring (bicyclic) bond motifs is 1. The number of nitrogens with zero attached hydrogens (tertiary/aromatic N) is 4. The van der Waals surface area contributed by atoms with E-state index >= 15 is 0 Å². The average Bonchev–Trinajstić information content (AvgIpc) is 2.96. The van der Waals surface area contributed by atoms with Crippen molar-refractivity contribution < 1.29 is 19.4 Å². The van der Waals surface area contributed by atoms with E-state index in [-0.39, 0.29) is 25.1 Å². The second-order valence-corrected chi connectivity index (χ2v) is 6.17. The van der Waals surface area contributed by atoms with Crippen LogP contribution in [-0.4, -0.2) is 62.4 Å². The standard InChI is InChI=1S/C16H20N4O4/c1-9(2)20-14-11(7-17-20)6-12(10(3)18-14)15(21)19-4-5-24-13(8-19)16(22)23/h6-7,9,13H,4-5,8H2,1-3H3,(H,22,23)/t13-/m1/s1. The summed E-state index contributed by atoms with van der Waals surface area (Å²) in [5.41, 5.74) is 1.81. The Balaban J connectivity index is 1.92. The summed E-state index contributed by atoms with van der Waals surface area (Å²) >= 11 is 0. The number of carbonyl (C=O) groups is 2. The van der Waals surface area contributed by atoms with E-state index in [4.69, 9.17) is 9.84 Å². The van der Waals surface area contributed by atoms with E-state index in [2.05, 4.69) is 10.1 Å². The second kappa shape index (κ2) is 6.20. The van der Waals surface area contributed by atoms with Crippen LogP contribution in [0.1, 0.15) is 35.9 Å². The number of pyridine rings is 1. The molecule has 128 valence electrons. The van der Waals surface area contributed by atoms with E-state index < -0.39 is 12.1 Å². The fourth-order valence-corrected chi connectivity index (χ4v) is 2.81. The normalized spacial score (nSPS) is 18.3. The van der Waals surface area contributed by atoms with Crippen molar-refractivity contribution in [2.75, 3.05) is 19.7 Å². The van der Waals surface area contributed by atoms with Gasteiger partial charge in [0.25, 0.3) is 5.91 Å². The molecule has 0 radical (unpaired) electrons. The molecule has 2 aromatic rings. The molecule has 0 bridgehead atoms. The lowest BCUT2D eigenvalue weighted by Crippen LogP contribution is -2.48. The maximum absolute atomic E-state index is 12.8. The number of carboxylic acids is 1. The van der Waals surface area contributed by atoms with E-state index in [0.29, 0.717) is 17.8 Å². The van der Waals surface area contributed by atoms with E-state index in [1.807, 2.05) is 18.5 Å². The molecule has 1 atom stereocenters. The SMILES string of the molecule is Cc1nc2c(cnn2C(C)C)cc1C(=O)N1CCO[C@@H](C(=O)O)C1. The topological polar surface area (TPSA) is 97.5 Å². The maximum atomic E-state index is 12.8. The van der Waals surface area contributed by atoms with Crippen molar-refractivity contribution in [1.29, 1.82) is 0 Å². The van der Waals surface area contributed by atoms with E-state index in [0.717, 1.165) is 11.0 Å². The third-order valence-corrected chi connectivity index (χ3v) is 4.11. The number of rotatable bonds is 3. The summed E-state index contributed by atoms with van der Waals surface area (Å²) in [7, 11) is 0. The summed E-state index contributed by atoms with van der Waals surface area (Å²) in [4.78, 5) is 29.9. The number of aromatic nitrogens is 3. The van der Waals surface area contributed by atoms with Crippen LogP contribution in [0, 0.1) is 6.92 Å². The highest BCUT2D eigenvalue weighted by atomic mass is 16.5. The predicted molar refractivity (Wildman–Crippen MR) is 85.9 cm³/mol. The van der Waals surface area contributed by atoms with Crippen LogP contribution in [0.3, 0.4) is 0 Å². The Labute approximate surface area is 139 Å². The first-order chi connectivity index (χ1) is 11.4. The van der Waals surface area contributed by atoms with Crippen molar-refractivity contribution in [2.24, 2.45) is 0 Å². The van der Waals surface area contributed by atoms with Crippen molar-refractivity contribution in [2.45, 2.75) is 32.9 Å². The lowest BCUT2D eigenvalue weighted by Gasteiger charge is -2.31. The minimum Gasteiger partial charge on any atom is -0.479 e. The summed E-state index contributed by atoms with van der Waals surface area (Å²) in [5.74, 6) is -1.29. The summed E-state index contributed by atoms with van der Waals surface area (Å²) in [6.45, 7) is 6.43. The van der Waals surface area contributed by atoms with Crippen LogP contribution in [0.25, 0.3) is 11.0 Å². The van der Waals surface area contributed by atoms with E-state index in [1.165, 1.54) is 4.90 Å². The molecule has 8 heteroatoms. The molecule has 0 aliphatic carbocycles. The Bertz CT molecular complexity index is 799. The minimum absolute atomic E-state index is 0.0386. The molecule has 1 aliphatic heterocycles. The number of amides is 1. The highest BCUT2D eigenvalue weighted by Crippen LogP contribution is 2.21. The van der Waals surface area contributed by atoms with Crippen LogP contribution in [0.5, 0.6) is 0 Å². The fraction of sp³-hybridized carbons (Fsp3) is 0.500. The fourth-order valence-electron chi connectivity index (χ4n) is 2.81. The molecule has 0 spiro atoms. The number of ether oxygens (including phenoxy) is 1. The third kappa shape index (κ3) is 2.84. The zero-order valence-electron chi connectivity index (χ0n) is 13.9. The molecule has 1 saturated heterocycles. The Kier molecular flexibility index (Phi) is 4.23. The number of morpholine rings is 1. The lowest BCUT2D eigenvalue weighted by atomic mass is 10.1. The molecule has 2 aromatic heterocycles. The van der Waals surface area contributed by atoms with Crippen LogP contribution in [-0.2, 0) is 9.53 Å². The number of carbonyl (C=O) groups excluding carboxylic acids is 1. The first-order valence-electron chi connectivity index (χ1n) is 7.87. The highest BCUT2D eigenvalue weighted by Gasteiger charge is 2.30. The summed E-state index contributed by atoms with van der Waals surface area (Å²) < 4.78 is 6.97. The largest absolute Gasteiger partial charge is 0.479 e. The molecule has 1 amide bonds. The summed E-state index contributed by atoms with van der Waals surface area (Å²) in [5, 5.41) is 14.2. The number of carboxylic acid groups (broad SMARTS) is 1. The van der Waals surface area contributed by atoms with Crippen LogP contribution >= 0.6 is 0 Å². The van der Waals surface area contributed by atoms with Crippen LogP contribution in [0.4, 0.5) is 0 Å². The number of hydrogen-bond donors (Lipinski definition) is 1. The molecule has 0 aromatic carbocycles. The molecule has 0 unspecified atom stereocenters. The predicted octanol–water partition coefficient (Wildman–Crippen LogP) is 1.25. The first kappa shape index (κ1) is 16.4. The molecule has 8 nitrogen and oxygen atoms in total. The van der Waals surface area contributed by atoms with Crippen LogP contribution in [0.15, 0.2) is 12.3 Å². The van der Waals surface area contributed by atoms with Gasteiger partial charge in [0.15, 0.2) is 11.8 Å². The Morgan fingerprint density at radius 2 is 2.17 bits per heavy atom. The van der Waals surface area contributed by atoms with E-state index in [1.54, 1.807) is 19.2 Å². The van der Waals surface area contributed by atoms with Gasteiger partial charge in [-0.3, -0.25) is 4.79 Å². The van der Waals surface area contributed by atoms with Crippen molar-refractivity contribution in [1.82, 2.24) is 19.7 Å². The number of aliphatic carboxylic acids is 1. The monoisotopic (exact) mass is 332 g/mol. The molecule has 3 heterocycles. The van der Waals surface area contributed by atoms with Crippen molar-refractivity contribution in [3.8, 4) is 0 Å². The first-order valence-corrected chi connectivity index (χ1v) is 7.87. The van der Waals surface area contributed by atoms with Gasteiger partial charge in [0.2, 0.25) is 0 Å². The third-order valence-electron chi connectivity index (χ3n) is 4.11. The Morgan fingerprint density at radius 3 is 2.83 bits per heavy atom. The van der Waals surface area contributed by atoms with Crippen LogP contribution in [0.2, 0.25) is 0 Å². The second-order valence-electron chi connectivity index (χ2n) is 6.17. The maximum Gasteiger partial charge on any atom is 0.334 e. The van der Waals surface area contributed by atoms with Gasteiger partial charge in [-0.05, 0) is 26.8 Å². The molecular weight excluding hydrogens is 312 g/mol. The smallest absolute Gasteiger partial charge is 0.334 e. The molecular formula is C16H20N4O4. The molecule has 1 fully saturated rings. The van der Waals surface area contributed by atoms with Gasteiger partial charge in [-0.25, -0.2) is 14.5 Å². The summed E-state index contributed by atoms with van der Waals surface area (Å²) in [6.07, 6.45) is 0.709. The molecule has 1 N–H and O–H groups in total. The quantitative estimate of drug-likeness (QED) is 0.908. The summed E-state index contributed by atoms with van der Waals surface area (Å²) in [6, 6.07) is 1.95. The average molecular weight is 332 g/mol.